The lowest BCUT2D eigenvalue weighted by atomic mass is 9.21. The predicted molar refractivity (Wildman–Crippen MR) is 121 cm³/mol. The highest BCUT2D eigenvalue weighted by molar-refractivity contribution is 6.49. The number of rotatable bonds is 6. The summed E-state index contributed by atoms with van der Waals surface area (Å²) >= 11 is 12.5. The Morgan fingerprint density at radius 3 is 2.32 bits per heavy atom. The van der Waals surface area contributed by atoms with Gasteiger partial charge in [-0.3, -0.25) is 4.98 Å². The van der Waals surface area contributed by atoms with E-state index < -0.39 is 11.2 Å². The lowest BCUT2D eigenvalue weighted by Crippen LogP contribution is -2.75. The van der Waals surface area contributed by atoms with E-state index in [1.54, 1.807) is 6.20 Å². The molecule has 0 N–H and O–H groups in total. The second-order valence-corrected chi connectivity index (χ2v) is 11.0. The SMILES string of the molecule is CC1(C)OB(C2C3(COCc4ccccc4)CC2(c2ncc(Cl)nc2Cl)C3)OC1(C)C. The van der Waals surface area contributed by atoms with Crippen LogP contribution in [0.5, 0.6) is 0 Å². The molecule has 0 amide bonds. The van der Waals surface area contributed by atoms with Crippen molar-refractivity contribution in [1.82, 2.24) is 9.97 Å². The highest BCUT2D eigenvalue weighted by atomic mass is 35.5. The maximum Gasteiger partial charge on any atom is 0.462 e. The van der Waals surface area contributed by atoms with E-state index in [4.69, 9.17) is 37.2 Å². The Bertz CT molecular complexity index is 980. The summed E-state index contributed by atoms with van der Waals surface area (Å²) in [7, 11) is -0.346. The zero-order valence-corrected chi connectivity index (χ0v) is 19.8. The van der Waals surface area contributed by atoms with E-state index in [9.17, 15) is 0 Å². The van der Waals surface area contributed by atoms with Gasteiger partial charge in [0.1, 0.15) is 5.15 Å². The van der Waals surface area contributed by atoms with Gasteiger partial charge in [-0.2, -0.15) is 0 Å². The molecule has 2 heterocycles. The molecule has 1 atom stereocenters. The van der Waals surface area contributed by atoms with Crippen molar-refractivity contribution in [2.24, 2.45) is 5.41 Å². The summed E-state index contributed by atoms with van der Waals surface area (Å²) in [5, 5.41) is 0.668. The van der Waals surface area contributed by atoms with E-state index in [0.29, 0.717) is 23.5 Å². The lowest BCUT2D eigenvalue weighted by molar-refractivity contribution is -0.192. The van der Waals surface area contributed by atoms with Gasteiger partial charge in [-0.15, -0.1) is 0 Å². The third kappa shape index (κ3) is 3.26. The highest BCUT2D eigenvalue weighted by Crippen LogP contribution is 2.82. The van der Waals surface area contributed by atoms with Crippen LogP contribution in [0.15, 0.2) is 36.5 Å². The number of hydrogen-bond donors (Lipinski definition) is 0. The standard InChI is InChI=1S/C23H27BCl2N2O3/c1-20(2)21(3,4)31-24(30-20)19-22(14-29-11-15-8-6-5-7-9-15)12-23(19,13-22)17-18(26)28-16(25)10-27-17/h5-10,19H,11-14H2,1-4H3. The van der Waals surface area contributed by atoms with Crippen molar-refractivity contribution in [3.8, 4) is 0 Å². The van der Waals surface area contributed by atoms with Crippen LogP contribution in [0.4, 0.5) is 0 Å². The Hall–Kier alpha value is -1.18. The van der Waals surface area contributed by atoms with E-state index >= 15 is 0 Å². The Morgan fingerprint density at radius 2 is 1.71 bits per heavy atom. The van der Waals surface area contributed by atoms with E-state index in [-0.39, 0.29) is 23.8 Å². The molecule has 1 saturated heterocycles. The second kappa shape index (κ2) is 7.16. The van der Waals surface area contributed by atoms with E-state index in [1.165, 1.54) is 5.56 Å². The first kappa shape index (κ1) is 21.7. The van der Waals surface area contributed by atoms with Gasteiger partial charge in [-0.25, -0.2) is 4.98 Å². The molecule has 1 aromatic carbocycles. The minimum absolute atomic E-state index is 0.0133. The number of benzene rings is 1. The monoisotopic (exact) mass is 460 g/mol. The molecule has 0 spiro atoms. The van der Waals surface area contributed by atoms with Crippen LogP contribution in [0.2, 0.25) is 16.1 Å². The summed E-state index contributed by atoms with van der Waals surface area (Å²) in [5.41, 5.74) is 0.933. The van der Waals surface area contributed by atoms with Crippen LogP contribution in [0.25, 0.3) is 0 Å². The fourth-order valence-electron chi connectivity index (χ4n) is 5.68. The van der Waals surface area contributed by atoms with Crippen LogP contribution in [0, 0.1) is 5.41 Å². The zero-order chi connectivity index (χ0) is 22.1. The molecule has 1 unspecified atom stereocenters. The molecule has 1 aliphatic heterocycles. The maximum atomic E-state index is 6.49. The molecule has 1 aromatic heterocycles. The Labute approximate surface area is 193 Å². The van der Waals surface area contributed by atoms with Crippen molar-refractivity contribution in [2.45, 2.75) is 69.6 Å². The third-order valence-electron chi connectivity index (χ3n) is 7.81. The Balaban J connectivity index is 1.40. The minimum Gasteiger partial charge on any atom is -0.403 e. The van der Waals surface area contributed by atoms with Crippen LogP contribution in [-0.2, 0) is 26.1 Å². The fourth-order valence-corrected chi connectivity index (χ4v) is 6.18. The molecular formula is C23H27BCl2N2O3. The van der Waals surface area contributed by atoms with Crippen LogP contribution in [0.1, 0.15) is 51.8 Å². The largest absolute Gasteiger partial charge is 0.462 e. The number of nitrogens with zero attached hydrogens (tertiary/aromatic N) is 2. The zero-order valence-electron chi connectivity index (χ0n) is 18.3. The minimum atomic E-state index is -0.400. The molecule has 2 aromatic rings. The molecule has 4 fully saturated rings. The van der Waals surface area contributed by atoms with Gasteiger partial charge < -0.3 is 14.0 Å². The smallest absolute Gasteiger partial charge is 0.403 e. The van der Waals surface area contributed by atoms with E-state index in [1.807, 2.05) is 18.2 Å². The van der Waals surface area contributed by atoms with Crippen molar-refractivity contribution in [2.75, 3.05) is 6.61 Å². The molecule has 3 aliphatic carbocycles. The van der Waals surface area contributed by atoms with Crippen LogP contribution in [0.3, 0.4) is 0 Å². The van der Waals surface area contributed by atoms with E-state index in [2.05, 4.69) is 49.8 Å². The molecule has 6 rings (SSSR count). The summed E-state index contributed by atoms with van der Waals surface area (Å²) in [6.45, 7) is 9.56. The first-order valence-electron chi connectivity index (χ1n) is 10.7. The number of halogens is 2. The Kier molecular flexibility index (Phi) is 5.00. The number of ether oxygens (including phenoxy) is 1. The maximum absolute atomic E-state index is 6.49. The van der Waals surface area contributed by atoms with Crippen LogP contribution < -0.4 is 0 Å². The average molecular weight is 461 g/mol. The van der Waals surface area contributed by atoms with Crippen LogP contribution in [-0.4, -0.2) is 34.9 Å². The fraction of sp³-hybridized carbons (Fsp3) is 0.565. The first-order valence-corrected chi connectivity index (χ1v) is 11.5. The number of aromatic nitrogens is 2. The quantitative estimate of drug-likeness (QED) is 0.533. The topological polar surface area (TPSA) is 53.5 Å². The summed E-state index contributed by atoms with van der Waals surface area (Å²) in [6, 6.07) is 10.2. The van der Waals surface area contributed by atoms with Crippen molar-refractivity contribution in [1.29, 1.82) is 0 Å². The summed E-state index contributed by atoms with van der Waals surface area (Å²) in [6.07, 6.45) is 3.43. The second-order valence-electron chi connectivity index (χ2n) is 10.3. The van der Waals surface area contributed by atoms with Gasteiger partial charge in [0, 0.05) is 11.2 Å². The van der Waals surface area contributed by atoms with Gasteiger partial charge in [0.05, 0.1) is 36.3 Å². The molecule has 3 saturated carbocycles. The van der Waals surface area contributed by atoms with Crippen molar-refractivity contribution in [3.05, 3.63) is 58.1 Å². The van der Waals surface area contributed by atoms with Gasteiger partial charge in [0.25, 0.3) is 0 Å². The molecule has 164 valence electrons. The molecule has 0 radical (unpaired) electrons. The van der Waals surface area contributed by atoms with Gasteiger partial charge in [0.15, 0.2) is 5.15 Å². The third-order valence-corrected chi connectivity index (χ3v) is 8.25. The first-order chi connectivity index (χ1) is 14.6. The van der Waals surface area contributed by atoms with Crippen molar-refractivity contribution in [3.63, 3.8) is 0 Å². The Morgan fingerprint density at radius 1 is 1.06 bits per heavy atom. The van der Waals surface area contributed by atoms with Gasteiger partial charge >= 0.3 is 7.12 Å². The predicted octanol–water partition coefficient (Wildman–Crippen LogP) is 5.49. The number of hydrogen-bond acceptors (Lipinski definition) is 5. The van der Waals surface area contributed by atoms with Crippen molar-refractivity contribution >= 4 is 30.3 Å². The van der Waals surface area contributed by atoms with Gasteiger partial charge in [-0.05, 0) is 51.5 Å². The molecule has 4 aliphatic rings. The average Bonchev–Trinajstić information content (AvgIpc) is 2.84. The van der Waals surface area contributed by atoms with Crippen LogP contribution >= 0.6 is 23.2 Å². The molecule has 8 heteroatoms. The van der Waals surface area contributed by atoms with E-state index in [0.717, 1.165) is 18.5 Å². The van der Waals surface area contributed by atoms with Crippen molar-refractivity contribution < 1.29 is 14.0 Å². The summed E-state index contributed by atoms with van der Waals surface area (Å²) in [4.78, 5) is 8.83. The van der Waals surface area contributed by atoms with Gasteiger partial charge in [0.2, 0.25) is 0 Å². The highest BCUT2D eigenvalue weighted by Gasteiger charge is 2.82. The normalized spacial score (nSPS) is 32.5. The van der Waals surface area contributed by atoms with Gasteiger partial charge in [-0.1, -0.05) is 53.5 Å². The summed E-state index contributed by atoms with van der Waals surface area (Å²) < 4.78 is 19.1. The molecule has 5 nitrogen and oxygen atoms in total. The molecular weight excluding hydrogens is 434 g/mol. The molecule has 2 bridgehead atoms. The summed E-state index contributed by atoms with van der Waals surface area (Å²) in [5.74, 6) is 0.102. The lowest BCUT2D eigenvalue weighted by Gasteiger charge is -2.76. The molecule has 31 heavy (non-hydrogen) atoms.